The van der Waals surface area contributed by atoms with Gasteiger partial charge in [0, 0.05) is 13.1 Å². The standard InChI is InChI=1S/C9H11NO/c1-2-3-4-5-10-6-8-11-9-7-10/h1H,5-9H2. The van der Waals surface area contributed by atoms with Gasteiger partial charge in [0.1, 0.15) is 0 Å². The SMILES string of the molecule is C#CC#CCN1CCOCC1. The molecule has 1 heterocycles. The van der Waals surface area contributed by atoms with Crippen LogP contribution in [0.15, 0.2) is 0 Å². The maximum atomic E-state index is 5.18. The third-order valence-corrected chi connectivity index (χ3v) is 1.57. The number of morpholine rings is 1. The van der Waals surface area contributed by atoms with E-state index in [9.17, 15) is 0 Å². The summed E-state index contributed by atoms with van der Waals surface area (Å²) in [6.07, 6.45) is 4.98. The molecule has 0 amide bonds. The van der Waals surface area contributed by atoms with Crippen molar-refractivity contribution in [3.63, 3.8) is 0 Å². The van der Waals surface area contributed by atoms with Gasteiger partial charge in [-0.05, 0) is 11.8 Å². The first-order valence-corrected chi connectivity index (χ1v) is 3.67. The second-order valence-electron chi connectivity index (χ2n) is 2.33. The smallest absolute Gasteiger partial charge is 0.0613 e. The Hall–Kier alpha value is -0.960. The highest BCUT2D eigenvalue weighted by molar-refractivity contribution is 5.22. The van der Waals surface area contributed by atoms with Gasteiger partial charge in [-0.2, -0.15) is 0 Å². The van der Waals surface area contributed by atoms with Crippen LogP contribution in [-0.2, 0) is 4.74 Å². The van der Waals surface area contributed by atoms with Gasteiger partial charge in [0.15, 0.2) is 0 Å². The predicted octanol–water partition coefficient (Wildman–Crippen LogP) is -0.0448. The van der Waals surface area contributed by atoms with Gasteiger partial charge >= 0.3 is 0 Å². The molecule has 0 aromatic heterocycles. The third kappa shape index (κ3) is 3.09. The molecule has 0 bridgehead atoms. The normalized spacial score (nSPS) is 18.1. The molecule has 1 aliphatic heterocycles. The second-order valence-corrected chi connectivity index (χ2v) is 2.33. The number of ether oxygens (including phenoxy) is 1. The van der Waals surface area contributed by atoms with Gasteiger partial charge in [0.05, 0.1) is 19.8 Å². The van der Waals surface area contributed by atoms with Crippen LogP contribution in [-0.4, -0.2) is 37.7 Å². The van der Waals surface area contributed by atoms with Gasteiger partial charge in [-0.25, -0.2) is 0 Å². The zero-order valence-corrected chi connectivity index (χ0v) is 6.47. The van der Waals surface area contributed by atoms with Gasteiger partial charge in [0.2, 0.25) is 0 Å². The van der Waals surface area contributed by atoms with Crippen molar-refractivity contribution in [2.24, 2.45) is 0 Å². The molecule has 2 heteroatoms. The summed E-state index contributed by atoms with van der Waals surface area (Å²) in [5.74, 6) is 7.77. The minimum absolute atomic E-state index is 0.771. The van der Waals surface area contributed by atoms with Crippen LogP contribution in [0.2, 0.25) is 0 Å². The topological polar surface area (TPSA) is 12.5 Å². The van der Waals surface area contributed by atoms with Crippen LogP contribution in [0.5, 0.6) is 0 Å². The van der Waals surface area contributed by atoms with E-state index in [-0.39, 0.29) is 0 Å². The summed E-state index contributed by atoms with van der Waals surface area (Å²) in [5.41, 5.74) is 0. The van der Waals surface area contributed by atoms with Crippen LogP contribution >= 0.6 is 0 Å². The molecule has 0 N–H and O–H groups in total. The maximum absolute atomic E-state index is 5.18. The Morgan fingerprint density at radius 2 is 2.09 bits per heavy atom. The summed E-state index contributed by atoms with van der Waals surface area (Å²) in [7, 11) is 0. The van der Waals surface area contributed by atoms with Gasteiger partial charge < -0.3 is 4.74 Å². The molecule has 0 atom stereocenters. The Kier molecular flexibility index (Phi) is 3.55. The molecule has 0 unspecified atom stereocenters. The number of hydrogen-bond acceptors (Lipinski definition) is 2. The first-order chi connectivity index (χ1) is 5.43. The first-order valence-electron chi connectivity index (χ1n) is 3.67. The molecular weight excluding hydrogens is 138 g/mol. The van der Waals surface area contributed by atoms with Crippen molar-refractivity contribution in [3.8, 4) is 24.2 Å². The molecule has 11 heavy (non-hydrogen) atoms. The maximum Gasteiger partial charge on any atom is 0.0613 e. The molecule has 0 aliphatic carbocycles. The summed E-state index contributed by atoms with van der Waals surface area (Å²) < 4.78 is 5.18. The molecule has 1 fully saturated rings. The monoisotopic (exact) mass is 149 g/mol. The van der Waals surface area contributed by atoms with Crippen LogP contribution in [0.3, 0.4) is 0 Å². The lowest BCUT2D eigenvalue weighted by Crippen LogP contribution is -2.36. The minimum atomic E-state index is 0.771. The number of rotatable bonds is 1. The van der Waals surface area contributed by atoms with E-state index in [1.807, 2.05) is 0 Å². The van der Waals surface area contributed by atoms with Gasteiger partial charge in [-0.1, -0.05) is 5.92 Å². The van der Waals surface area contributed by atoms with Crippen molar-refractivity contribution >= 4 is 0 Å². The summed E-state index contributed by atoms with van der Waals surface area (Å²) in [4.78, 5) is 2.23. The number of hydrogen-bond donors (Lipinski definition) is 0. The van der Waals surface area contributed by atoms with Crippen LogP contribution in [0.4, 0.5) is 0 Å². The summed E-state index contributed by atoms with van der Waals surface area (Å²) >= 11 is 0. The van der Waals surface area contributed by atoms with Crippen molar-refractivity contribution in [1.82, 2.24) is 4.90 Å². The zero-order valence-electron chi connectivity index (χ0n) is 6.47. The fraction of sp³-hybridized carbons (Fsp3) is 0.556. The lowest BCUT2D eigenvalue weighted by atomic mass is 10.4. The molecule has 0 aromatic rings. The number of terminal acetylenes is 1. The fourth-order valence-electron chi connectivity index (χ4n) is 0.962. The largest absolute Gasteiger partial charge is 0.379 e. The minimum Gasteiger partial charge on any atom is -0.379 e. The molecule has 0 saturated carbocycles. The molecular formula is C9H11NO. The Morgan fingerprint density at radius 1 is 1.36 bits per heavy atom. The Labute approximate surface area is 67.5 Å². The van der Waals surface area contributed by atoms with E-state index in [0.29, 0.717) is 0 Å². The molecule has 1 aliphatic rings. The van der Waals surface area contributed by atoms with Gasteiger partial charge in [0.25, 0.3) is 0 Å². The highest BCUT2D eigenvalue weighted by Crippen LogP contribution is 1.94. The van der Waals surface area contributed by atoms with Gasteiger partial charge in [-0.15, -0.1) is 6.42 Å². The van der Waals surface area contributed by atoms with E-state index in [2.05, 4.69) is 22.7 Å². The van der Waals surface area contributed by atoms with E-state index in [0.717, 1.165) is 32.8 Å². The highest BCUT2D eigenvalue weighted by atomic mass is 16.5. The molecule has 58 valence electrons. The molecule has 1 rings (SSSR count). The molecule has 0 aromatic carbocycles. The van der Waals surface area contributed by atoms with Crippen molar-refractivity contribution in [2.45, 2.75) is 0 Å². The average Bonchev–Trinajstić information content (AvgIpc) is 2.07. The van der Waals surface area contributed by atoms with Crippen LogP contribution in [0.1, 0.15) is 0 Å². The molecule has 0 spiro atoms. The lowest BCUT2D eigenvalue weighted by Gasteiger charge is -2.24. The van der Waals surface area contributed by atoms with Crippen molar-refractivity contribution < 1.29 is 4.74 Å². The molecule has 0 radical (unpaired) electrons. The number of nitrogens with zero attached hydrogens (tertiary/aromatic N) is 1. The van der Waals surface area contributed by atoms with E-state index in [1.165, 1.54) is 0 Å². The highest BCUT2D eigenvalue weighted by Gasteiger charge is 2.07. The average molecular weight is 149 g/mol. The second kappa shape index (κ2) is 4.79. The third-order valence-electron chi connectivity index (χ3n) is 1.57. The molecule has 2 nitrogen and oxygen atoms in total. The first kappa shape index (κ1) is 8.14. The Morgan fingerprint density at radius 3 is 2.73 bits per heavy atom. The molecule has 1 saturated heterocycles. The van der Waals surface area contributed by atoms with E-state index < -0.39 is 0 Å². The predicted molar refractivity (Wildman–Crippen MR) is 43.9 cm³/mol. The van der Waals surface area contributed by atoms with Crippen molar-refractivity contribution in [1.29, 1.82) is 0 Å². The van der Waals surface area contributed by atoms with Crippen molar-refractivity contribution in [2.75, 3.05) is 32.8 Å². The fourth-order valence-corrected chi connectivity index (χ4v) is 0.962. The lowest BCUT2D eigenvalue weighted by molar-refractivity contribution is 0.0443. The summed E-state index contributed by atoms with van der Waals surface area (Å²) in [6.45, 7) is 4.35. The Bertz CT molecular complexity index is 200. The Balaban J connectivity index is 2.20. The summed E-state index contributed by atoms with van der Waals surface area (Å²) in [5, 5.41) is 0. The van der Waals surface area contributed by atoms with Gasteiger partial charge in [-0.3, -0.25) is 4.90 Å². The van der Waals surface area contributed by atoms with Crippen LogP contribution in [0.25, 0.3) is 0 Å². The zero-order chi connectivity index (χ0) is 7.94. The van der Waals surface area contributed by atoms with Crippen molar-refractivity contribution in [3.05, 3.63) is 0 Å². The van der Waals surface area contributed by atoms with E-state index in [4.69, 9.17) is 11.2 Å². The van der Waals surface area contributed by atoms with E-state index in [1.54, 1.807) is 0 Å². The summed E-state index contributed by atoms with van der Waals surface area (Å²) in [6, 6.07) is 0. The quantitative estimate of drug-likeness (QED) is 0.485. The van der Waals surface area contributed by atoms with Crippen LogP contribution < -0.4 is 0 Å². The van der Waals surface area contributed by atoms with Crippen LogP contribution in [0, 0.1) is 24.2 Å². The van der Waals surface area contributed by atoms with E-state index >= 15 is 0 Å².